The van der Waals surface area contributed by atoms with Gasteiger partial charge in [-0.2, -0.15) is 0 Å². The molecule has 1 aromatic heterocycles. The summed E-state index contributed by atoms with van der Waals surface area (Å²) < 4.78 is 42.1. The first-order valence-electron chi connectivity index (χ1n) is 11.2. The van der Waals surface area contributed by atoms with Crippen LogP contribution in [0.3, 0.4) is 0 Å². The van der Waals surface area contributed by atoms with Gasteiger partial charge in [0, 0.05) is 23.5 Å². The Morgan fingerprint density at radius 1 is 1.09 bits per heavy atom. The Morgan fingerprint density at radius 3 is 2.48 bits per heavy atom. The highest BCUT2D eigenvalue weighted by Crippen LogP contribution is 2.28. The Bertz CT molecular complexity index is 1250. The van der Waals surface area contributed by atoms with Gasteiger partial charge in [0.05, 0.1) is 11.6 Å². The summed E-state index contributed by atoms with van der Waals surface area (Å²) in [6, 6.07) is 12.7. The number of pyridine rings is 1. The maximum Gasteiger partial charge on any atom is 0.242 e. The lowest BCUT2D eigenvalue weighted by Gasteiger charge is -2.29. The number of fused-ring (bicyclic) bond motifs is 1. The van der Waals surface area contributed by atoms with E-state index in [1.807, 2.05) is 26.0 Å². The number of hydrogen-bond acceptors (Lipinski definition) is 4. The fourth-order valence-corrected chi connectivity index (χ4v) is 5.87. The third-order valence-corrected chi connectivity index (χ3v) is 7.80. The monoisotopic (exact) mass is 469 g/mol. The molecule has 0 aliphatic heterocycles. The van der Waals surface area contributed by atoms with Crippen LogP contribution in [0.5, 0.6) is 0 Å². The topological polar surface area (TPSA) is 88.2 Å². The molecule has 0 saturated heterocycles. The zero-order chi connectivity index (χ0) is 23.6. The van der Waals surface area contributed by atoms with E-state index in [4.69, 9.17) is 0 Å². The van der Waals surface area contributed by atoms with E-state index in [9.17, 15) is 17.6 Å². The molecule has 4 rings (SSSR count). The number of carbonyl (C=O) groups excluding carboxylic acids is 1. The number of benzene rings is 2. The molecule has 1 heterocycles. The highest BCUT2D eigenvalue weighted by Gasteiger charge is 2.30. The van der Waals surface area contributed by atoms with Crippen molar-refractivity contribution < 1.29 is 17.6 Å². The van der Waals surface area contributed by atoms with Crippen molar-refractivity contribution in [2.45, 2.75) is 56.5 Å². The number of rotatable bonds is 6. The molecular formula is C25H28FN3O3S. The van der Waals surface area contributed by atoms with Gasteiger partial charge in [-0.05, 0) is 74.9 Å². The summed E-state index contributed by atoms with van der Waals surface area (Å²) in [6.45, 7) is 3.78. The van der Waals surface area contributed by atoms with Gasteiger partial charge in [0.1, 0.15) is 10.7 Å². The lowest BCUT2D eigenvalue weighted by atomic mass is 9.85. The van der Waals surface area contributed by atoms with E-state index >= 15 is 0 Å². The van der Waals surface area contributed by atoms with Crippen molar-refractivity contribution in [3.8, 4) is 0 Å². The third-order valence-electron chi connectivity index (χ3n) is 6.25. The molecule has 0 unspecified atom stereocenters. The van der Waals surface area contributed by atoms with Crippen molar-refractivity contribution in [1.82, 2.24) is 15.0 Å². The Morgan fingerprint density at radius 2 is 1.79 bits per heavy atom. The Kier molecular flexibility index (Phi) is 6.76. The molecule has 0 radical (unpaired) electrons. The molecule has 2 N–H and O–H groups in total. The molecule has 0 bridgehead atoms. The summed E-state index contributed by atoms with van der Waals surface area (Å²) >= 11 is 0. The van der Waals surface area contributed by atoms with Crippen LogP contribution in [0.2, 0.25) is 0 Å². The minimum atomic E-state index is -3.74. The lowest BCUT2D eigenvalue weighted by Crippen LogP contribution is -2.41. The molecule has 1 atom stereocenters. The standard InChI is InChI=1S/C25H28FN3O3S/c1-16-14-20-4-3-5-23(24(20)27-15-16)33(31,32)29-22-12-8-19(9-13-22)25(30)28-17(2)18-6-10-21(26)11-7-18/h3-7,10-11,14-15,17,19,22,29H,8-9,12-13H2,1-2H3,(H,28,30)/t17-,19?,22?/m1/s1. The third kappa shape index (κ3) is 5.39. The van der Waals surface area contributed by atoms with Crippen LogP contribution in [-0.4, -0.2) is 25.4 Å². The molecule has 6 nitrogen and oxygen atoms in total. The molecular weight excluding hydrogens is 441 g/mol. The summed E-state index contributed by atoms with van der Waals surface area (Å²) in [4.78, 5) is 17.2. The maximum absolute atomic E-state index is 13.1. The molecule has 174 valence electrons. The molecule has 8 heteroatoms. The van der Waals surface area contributed by atoms with Gasteiger partial charge in [-0.15, -0.1) is 0 Å². The van der Waals surface area contributed by atoms with E-state index < -0.39 is 10.0 Å². The Labute approximate surface area is 193 Å². The molecule has 1 aliphatic rings. The van der Waals surface area contributed by atoms with Gasteiger partial charge in [-0.1, -0.05) is 24.3 Å². The zero-order valence-corrected chi connectivity index (χ0v) is 19.5. The molecule has 2 aromatic carbocycles. The maximum atomic E-state index is 13.1. The van der Waals surface area contributed by atoms with Crippen molar-refractivity contribution in [3.63, 3.8) is 0 Å². The SMILES string of the molecule is Cc1cnc2c(S(=O)(=O)NC3CCC(C(=O)N[C@H](C)c4ccc(F)cc4)CC3)cccc2c1. The molecule has 1 amide bonds. The number of hydrogen-bond donors (Lipinski definition) is 2. The molecule has 1 aliphatic carbocycles. The van der Waals surface area contributed by atoms with Gasteiger partial charge in [0.2, 0.25) is 15.9 Å². The second-order valence-electron chi connectivity index (χ2n) is 8.79. The van der Waals surface area contributed by atoms with E-state index in [-0.39, 0.29) is 34.6 Å². The van der Waals surface area contributed by atoms with Gasteiger partial charge in [-0.3, -0.25) is 9.78 Å². The van der Waals surface area contributed by atoms with Gasteiger partial charge >= 0.3 is 0 Å². The van der Waals surface area contributed by atoms with Crippen LogP contribution >= 0.6 is 0 Å². The first-order chi connectivity index (χ1) is 15.7. The molecule has 0 spiro atoms. The number of nitrogens with zero attached hydrogens (tertiary/aromatic N) is 1. The van der Waals surface area contributed by atoms with Gasteiger partial charge in [-0.25, -0.2) is 17.5 Å². The quantitative estimate of drug-likeness (QED) is 0.560. The van der Waals surface area contributed by atoms with Crippen LogP contribution in [0.15, 0.2) is 59.6 Å². The second-order valence-corrected chi connectivity index (χ2v) is 10.5. The number of para-hydroxylation sites is 1. The van der Waals surface area contributed by atoms with Crippen LogP contribution in [0, 0.1) is 18.7 Å². The first kappa shape index (κ1) is 23.3. The minimum absolute atomic E-state index is 0.0539. The Hall–Kier alpha value is -2.84. The van der Waals surface area contributed by atoms with Crippen molar-refractivity contribution in [2.24, 2.45) is 5.92 Å². The summed E-state index contributed by atoms with van der Waals surface area (Å²) in [7, 11) is -3.74. The van der Waals surface area contributed by atoms with E-state index in [1.54, 1.807) is 30.5 Å². The highest BCUT2D eigenvalue weighted by atomic mass is 32.2. The molecule has 3 aromatic rings. The predicted molar refractivity (Wildman–Crippen MR) is 126 cm³/mol. The van der Waals surface area contributed by atoms with E-state index in [0.29, 0.717) is 31.2 Å². The predicted octanol–water partition coefficient (Wildman–Crippen LogP) is 4.40. The zero-order valence-electron chi connectivity index (χ0n) is 18.7. The van der Waals surface area contributed by atoms with E-state index in [1.165, 1.54) is 12.1 Å². The van der Waals surface area contributed by atoms with Crippen LogP contribution in [-0.2, 0) is 14.8 Å². The Balaban J connectivity index is 1.36. The van der Waals surface area contributed by atoms with E-state index in [2.05, 4.69) is 15.0 Å². The summed E-state index contributed by atoms with van der Waals surface area (Å²) in [5.41, 5.74) is 2.26. The van der Waals surface area contributed by atoms with Crippen LogP contribution < -0.4 is 10.0 Å². The smallest absolute Gasteiger partial charge is 0.242 e. The highest BCUT2D eigenvalue weighted by molar-refractivity contribution is 7.89. The van der Waals surface area contributed by atoms with Gasteiger partial charge < -0.3 is 5.32 Å². The van der Waals surface area contributed by atoms with Crippen molar-refractivity contribution in [2.75, 3.05) is 0 Å². The van der Waals surface area contributed by atoms with Gasteiger partial charge in [0.15, 0.2) is 0 Å². The van der Waals surface area contributed by atoms with Crippen molar-refractivity contribution >= 4 is 26.8 Å². The number of halogens is 1. The first-order valence-corrected chi connectivity index (χ1v) is 12.6. The number of nitrogens with one attached hydrogen (secondary N) is 2. The number of sulfonamides is 1. The number of aryl methyl sites for hydroxylation is 1. The summed E-state index contributed by atoms with van der Waals surface area (Å²) in [5, 5.41) is 3.78. The number of amides is 1. The summed E-state index contributed by atoms with van der Waals surface area (Å²) in [6.07, 6.45) is 4.03. The largest absolute Gasteiger partial charge is 0.349 e. The van der Waals surface area contributed by atoms with Crippen molar-refractivity contribution in [3.05, 3.63) is 71.7 Å². The lowest BCUT2D eigenvalue weighted by molar-refractivity contribution is -0.126. The normalized spacial score (nSPS) is 19.8. The number of aromatic nitrogens is 1. The molecule has 1 saturated carbocycles. The van der Waals surface area contributed by atoms with Gasteiger partial charge in [0.25, 0.3) is 0 Å². The minimum Gasteiger partial charge on any atom is -0.349 e. The fourth-order valence-electron chi connectivity index (χ4n) is 4.38. The van der Waals surface area contributed by atoms with Crippen LogP contribution in [0.25, 0.3) is 10.9 Å². The fraction of sp³-hybridized carbons (Fsp3) is 0.360. The molecule has 1 fully saturated rings. The average Bonchev–Trinajstić information content (AvgIpc) is 2.79. The average molecular weight is 470 g/mol. The number of carbonyl (C=O) groups is 1. The van der Waals surface area contributed by atoms with E-state index in [0.717, 1.165) is 16.5 Å². The van der Waals surface area contributed by atoms with Crippen LogP contribution in [0.4, 0.5) is 4.39 Å². The summed E-state index contributed by atoms with van der Waals surface area (Å²) in [5.74, 6) is -0.537. The van der Waals surface area contributed by atoms with Crippen LogP contribution in [0.1, 0.15) is 49.8 Å². The second kappa shape index (κ2) is 9.57. The van der Waals surface area contributed by atoms with Crippen molar-refractivity contribution in [1.29, 1.82) is 0 Å². The molecule has 33 heavy (non-hydrogen) atoms.